The summed E-state index contributed by atoms with van der Waals surface area (Å²) in [5.41, 5.74) is 3.48. The maximum atomic E-state index is 12.1. The predicted molar refractivity (Wildman–Crippen MR) is 91.2 cm³/mol. The predicted octanol–water partition coefficient (Wildman–Crippen LogP) is 4.34. The highest BCUT2D eigenvalue weighted by Gasteiger charge is 2.12. The first-order valence-electron chi connectivity index (χ1n) is 7.18. The molecule has 23 heavy (non-hydrogen) atoms. The van der Waals surface area contributed by atoms with E-state index < -0.39 is 0 Å². The zero-order valence-corrected chi connectivity index (χ0v) is 13.6. The first-order chi connectivity index (χ1) is 11.0. The van der Waals surface area contributed by atoms with Crippen molar-refractivity contribution < 1.29 is 14.3 Å². The van der Waals surface area contributed by atoms with Gasteiger partial charge in [0.05, 0.1) is 10.7 Å². The Morgan fingerprint density at radius 3 is 2.74 bits per heavy atom. The van der Waals surface area contributed by atoms with E-state index >= 15 is 0 Å². The monoisotopic (exact) mass is 329 g/mol. The number of fused-ring (bicyclic) bond motifs is 1. The SMILES string of the molecule is Cc1cc(C)c(NC(=O)/C=C/c2ccc3c(c2)OCO3)c(Cl)c1. The Balaban J connectivity index is 1.72. The molecular formula is C18H16ClNO3. The highest BCUT2D eigenvalue weighted by molar-refractivity contribution is 6.34. The summed E-state index contributed by atoms with van der Waals surface area (Å²) in [4.78, 5) is 12.1. The molecule has 0 bridgehead atoms. The molecule has 1 heterocycles. The van der Waals surface area contributed by atoms with Crippen molar-refractivity contribution in [1.29, 1.82) is 0 Å². The second-order valence-corrected chi connectivity index (χ2v) is 5.78. The van der Waals surface area contributed by atoms with Gasteiger partial charge in [0.1, 0.15) is 0 Å². The molecule has 3 rings (SSSR count). The van der Waals surface area contributed by atoms with E-state index in [4.69, 9.17) is 21.1 Å². The Bertz CT molecular complexity index is 776. The molecular weight excluding hydrogens is 314 g/mol. The average molecular weight is 330 g/mol. The lowest BCUT2D eigenvalue weighted by Crippen LogP contribution is -2.09. The zero-order valence-electron chi connectivity index (χ0n) is 12.9. The smallest absolute Gasteiger partial charge is 0.248 e. The summed E-state index contributed by atoms with van der Waals surface area (Å²) in [6.07, 6.45) is 3.18. The summed E-state index contributed by atoms with van der Waals surface area (Å²) in [6.45, 7) is 4.11. The van der Waals surface area contributed by atoms with Crippen LogP contribution in [0, 0.1) is 13.8 Å². The molecule has 0 radical (unpaired) electrons. The Morgan fingerprint density at radius 1 is 1.17 bits per heavy atom. The molecule has 5 heteroatoms. The van der Waals surface area contributed by atoms with Crippen LogP contribution >= 0.6 is 11.6 Å². The summed E-state index contributed by atoms with van der Waals surface area (Å²) in [6, 6.07) is 9.31. The average Bonchev–Trinajstić information content (AvgIpc) is 2.96. The number of carbonyl (C=O) groups excluding carboxylic acids is 1. The van der Waals surface area contributed by atoms with Crippen molar-refractivity contribution >= 4 is 29.3 Å². The van der Waals surface area contributed by atoms with E-state index in [-0.39, 0.29) is 12.7 Å². The van der Waals surface area contributed by atoms with Crippen molar-refractivity contribution in [1.82, 2.24) is 0 Å². The number of aryl methyl sites for hydroxylation is 2. The van der Waals surface area contributed by atoms with Crippen molar-refractivity contribution in [2.45, 2.75) is 13.8 Å². The fraction of sp³-hybridized carbons (Fsp3) is 0.167. The largest absolute Gasteiger partial charge is 0.454 e. The van der Waals surface area contributed by atoms with Gasteiger partial charge in [-0.1, -0.05) is 23.7 Å². The van der Waals surface area contributed by atoms with E-state index in [9.17, 15) is 4.79 Å². The van der Waals surface area contributed by atoms with E-state index in [0.29, 0.717) is 22.2 Å². The number of amides is 1. The third-order valence-electron chi connectivity index (χ3n) is 3.50. The van der Waals surface area contributed by atoms with Crippen LogP contribution in [0.15, 0.2) is 36.4 Å². The van der Waals surface area contributed by atoms with E-state index in [1.54, 1.807) is 6.08 Å². The van der Waals surface area contributed by atoms with Gasteiger partial charge in [-0.25, -0.2) is 0 Å². The zero-order chi connectivity index (χ0) is 16.4. The number of hydrogen-bond acceptors (Lipinski definition) is 3. The van der Waals surface area contributed by atoms with Crippen LogP contribution in [0.3, 0.4) is 0 Å². The number of nitrogens with one attached hydrogen (secondary N) is 1. The number of rotatable bonds is 3. The van der Waals surface area contributed by atoms with Crippen LogP contribution in [0.2, 0.25) is 5.02 Å². The van der Waals surface area contributed by atoms with Gasteiger partial charge in [0, 0.05) is 6.08 Å². The molecule has 2 aromatic rings. The van der Waals surface area contributed by atoms with Crippen molar-refractivity contribution in [2.24, 2.45) is 0 Å². The molecule has 4 nitrogen and oxygen atoms in total. The molecule has 0 aromatic heterocycles. The van der Waals surface area contributed by atoms with E-state index in [1.165, 1.54) is 6.08 Å². The maximum absolute atomic E-state index is 12.1. The molecule has 2 aromatic carbocycles. The van der Waals surface area contributed by atoms with Gasteiger partial charge in [-0.2, -0.15) is 0 Å². The van der Waals surface area contributed by atoms with E-state index in [0.717, 1.165) is 16.7 Å². The van der Waals surface area contributed by atoms with E-state index in [1.807, 2.05) is 44.2 Å². The van der Waals surface area contributed by atoms with Crippen LogP contribution in [-0.2, 0) is 4.79 Å². The normalized spacial score (nSPS) is 12.7. The summed E-state index contributed by atoms with van der Waals surface area (Å²) in [7, 11) is 0. The molecule has 1 amide bonds. The molecule has 0 aliphatic carbocycles. The fourth-order valence-corrected chi connectivity index (χ4v) is 2.80. The van der Waals surface area contributed by atoms with Gasteiger partial charge in [0.2, 0.25) is 12.7 Å². The maximum Gasteiger partial charge on any atom is 0.248 e. The standard InChI is InChI=1S/C18H16ClNO3/c1-11-7-12(2)18(14(19)8-11)20-17(21)6-4-13-3-5-15-16(9-13)23-10-22-15/h3-9H,10H2,1-2H3,(H,20,21)/b6-4+. The van der Waals surface area contributed by atoms with Crippen LogP contribution < -0.4 is 14.8 Å². The summed E-state index contributed by atoms with van der Waals surface area (Å²) in [5.74, 6) is 1.16. The number of carbonyl (C=O) groups is 1. The van der Waals surface area contributed by atoms with E-state index in [2.05, 4.69) is 5.32 Å². The molecule has 1 aliphatic rings. The molecule has 0 saturated carbocycles. The van der Waals surface area contributed by atoms with Crippen LogP contribution in [0.1, 0.15) is 16.7 Å². The van der Waals surface area contributed by atoms with Gasteiger partial charge in [0.15, 0.2) is 11.5 Å². The minimum atomic E-state index is -0.239. The second kappa shape index (κ2) is 6.34. The molecule has 118 valence electrons. The van der Waals surface area contributed by atoms with Crippen LogP contribution in [0.25, 0.3) is 6.08 Å². The van der Waals surface area contributed by atoms with Gasteiger partial charge in [-0.05, 0) is 54.8 Å². The fourth-order valence-electron chi connectivity index (χ4n) is 2.43. The molecule has 0 fully saturated rings. The minimum Gasteiger partial charge on any atom is -0.454 e. The Labute approximate surface area is 139 Å². The van der Waals surface area contributed by atoms with Crippen molar-refractivity contribution in [3.05, 3.63) is 58.1 Å². The van der Waals surface area contributed by atoms with Gasteiger partial charge >= 0.3 is 0 Å². The van der Waals surface area contributed by atoms with Crippen LogP contribution in [-0.4, -0.2) is 12.7 Å². The summed E-state index contributed by atoms with van der Waals surface area (Å²) < 4.78 is 10.6. The minimum absolute atomic E-state index is 0.230. The lowest BCUT2D eigenvalue weighted by Gasteiger charge is -2.10. The summed E-state index contributed by atoms with van der Waals surface area (Å²) >= 11 is 6.19. The van der Waals surface area contributed by atoms with Gasteiger partial charge in [-0.15, -0.1) is 0 Å². The van der Waals surface area contributed by atoms with Crippen LogP contribution in [0.5, 0.6) is 11.5 Å². The number of hydrogen-bond donors (Lipinski definition) is 1. The van der Waals surface area contributed by atoms with Crippen LogP contribution in [0.4, 0.5) is 5.69 Å². The van der Waals surface area contributed by atoms with Crippen molar-refractivity contribution in [3.63, 3.8) is 0 Å². The van der Waals surface area contributed by atoms with Crippen molar-refractivity contribution in [3.8, 4) is 11.5 Å². The number of benzene rings is 2. The summed E-state index contributed by atoms with van der Waals surface area (Å²) in [5, 5.41) is 3.35. The third kappa shape index (κ3) is 3.48. The quantitative estimate of drug-likeness (QED) is 0.852. The Hall–Kier alpha value is -2.46. The third-order valence-corrected chi connectivity index (χ3v) is 3.80. The Morgan fingerprint density at radius 2 is 1.96 bits per heavy atom. The molecule has 0 unspecified atom stereocenters. The molecule has 0 spiro atoms. The number of halogens is 1. The number of ether oxygens (including phenoxy) is 2. The Kier molecular flexibility index (Phi) is 4.26. The second-order valence-electron chi connectivity index (χ2n) is 5.37. The molecule has 0 saturated heterocycles. The van der Waals surface area contributed by atoms with Gasteiger partial charge in [-0.3, -0.25) is 4.79 Å². The van der Waals surface area contributed by atoms with Gasteiger partial charge in [0.25, 0.3) is 0 Å². The topological polar surface area (TPSA) is 47.6 Å². The van der Waals surface area contributed by atoms with Crippen molar-refractivity contribution in [2.75, 3.05) is 12.1 Å². The van der Waals surface area contributed by atoms with Gasteiger partial charge < -0.3 is 14.8 Å². The first kappa shape index (κ1) is 15.4. The highest BCUT2D eigenvalue weighted by Crippen LogP contribution is 2.33. The molecule has 0 atom stereocenters. The highest BCUT2D eigenvalue weighted by atomic mass is 35.5. The molecule has 1 N–H and O–H groups in total. The molecule has 1 aliphatic heterocycles. The number of anilines is 1. The first-order valence-corrected chi connectivity index (χ1v) is 7.56. The lowest BCUT2D eigenvalue weighted by molar-refractivity contribution is -0.111. The lowest BCUT2D eigenvalue weighted by atomic mass is 10.1.